The molecule has 2 heterocycles. The van der Waals surface area contributed by atoms with Gasteiger partial charge >= 0.3 is 0 Å². The van der Waals surface area contributed by atoms with E-state index >= 15 is 0 Å². The van der Waals surface area contributed by atoms with Crippen molar-refractivity contribution in [3.8, 4) is 11.4 Å². The first kappa shape index (κ1) is 14.3. The molecule has 0 unspecified atom stereocenters. The van der Waals surface area contributed by atoms with Crippen LogP contribution in [0, 0.1) is 0 Å². The minimum Gasteiger partial charge on any atom is -0.348 e. The first-order chi connectivity index (χ1) is 9.50. The summed E-state index contributed by atoms with van der Waals surface area (Å²) in [5.41, 5.74) is 0.779. The standard InChI is InChI=1S/C12H16N6OS/c1-8(11(19)17(2)3)20-12-16-15-10(18(12)13)9-5-4-6-14-7-9/h4-8H,13H2,1-3H3/t8-/m1/s1. The molecule has 0 radical (unpaired) electrons. The number of aromatic nitrogens is 4. The number of rotatable bonds is 4. The van der Waals surface area contributed by atoms with Gasteiger partial charge in [-0.2, -0.15) is 0 Å². The van der Waals surface area contributed by atoms with Crippen LogP contribution < -0.4 is 5.84 Å². The summed E-state index contributed by atoms with van der Waals surface area (Å²) < 4.78 is 1.38. The minimum atomic E-state index is -0.279. The first-order valence-electron chi connectivity index (χ1n) is 5.99. The molecule has 7 nitrogen and oxygen atoms in total. The zero-order chi connectivity index (χ0) is 14.7. The summed E-state index contributed by atoms with van der Waals surface area (Å²) in [5.74, 6) is 6.50. The van der Waals surface area contributed by atoms with Gasteiger partial charge < -0.3 is 10.7 Å². The van der Waals surface area contributed by atoms with E-state index in [-0.39, 0.29) is 11.2 Å². The second kappa shape index (κ2) is 5.91. The molecule has 1 atom stereocenters. The molecule has 20 heavy (non-hydrogen) atoms. The predicted octanol–water partition coefficient (Wildman–Crippen LogP) is 0.623. The van der Waals surface area contributed by atoms with Gasteiger partial charge in [0.1, 0.15) is 0 Å². The van der Waals surface area contributed by atoms with Gasteiger partial charge in [-0.1, -0.05) is 11.8 Å². The molecular formula is C12H16N6OS. The predicted molar refractivity (Wildman–Crippen MR) is 77.4 cm³/mol. The SMILES string of the molecule is C[C@@H](Sc1nnc(-c2cccnc2)n1N)C(=O)N(C)C. The minimum absolute atomic E-state index is 0.000859. The van der Waals surface area contributed by atoms with Crippen molar-refractivity contribution in [2.75, 3.05) is 19.9 Å². The van der Waals surface area contributed by atoms with E-state index < -0.39 is 0 Å². The van der Waals surface area contributed by atoms with Crippen molar-refractivity contribution in [1.82, 2.24) is 24.8 Å². The number of amides is 1. The van der Waals surface area contributed by atoms with Gasteiger partial charge in [0.05, 0.1) is 5.25 Å². The Morgan fingerprint density at radius 2 is 2.20 bits per heavy atom. The zero-order valence-corrected chi connectivity index (χ0v) is 12.3. The van der Waals surface area contributed by atoms with E-state index in [1.165, 1.54) is 21.3 Å². The molecule has 8 heteroatoms. The maximum atomic E-state index is 11.8. The number of carbonyl (C=O) groups is 1. The Morgan fingerprint density at radius 1 is 1.45 bits per heavy atom. The lowest BCUT2D eigenvalue weighted by Crippen LogP contribution is -2.30. The quantitative estimate of drug-likeness (QED) is 0.656. The van der Waals surface area contributed by atoms with E-state index in [2.05, 4.69) is 15.2 Å². The Kier molecular flexibility index (Phi) is 4.23. The van der Waals surface area contributed by atoms with Crippen LogP contribution in [0.1, 0.15) is 6.92 Å². The highest BCUT2D eigenvalue weighted by atomic mass is 32.2. The molecule has 0 saturated heterocycles. The Bertz CT molecular complexity index is 597. The molecule has 2 aromatic rings. The number of thioether (sulfide) groups is 1. The summed E-state index contributed by atoms with van der Waals surface area (Å²) >= 11 is 1.27. The maximum Gasteiger partial charge on any atom is 0.235 e. The maximum absolute atomic E-state index is 11.8. The zero-order valence-electron chi connectivity index (χ0n) is 11.5. The van der Waals surface area contributed by atoms with Crippen LogP contribution in [-0.2, 0) is 4.79 Å². The van der Waals surface area contributed by atoms with Crippen LogP contribution in [0.4, 0.5) is 0 Å². The van der Waals surface area contributed by atoms with Crippen LogP contribution in [-0.4, -0.2) is 50.0 Å². The molecular weight excluding hydrogens is 276 g/mol. The summed E-state index contributed by atoms with van der Waals surface area (Å²) in [5, 5.41) is 8.28. The van der Waals surface area contributed by atoms with Crippen molar-refractivity contribution in [3.63, 3.8) is 0 Å². The molecule has 0 aliphatic rings. The van der Waals surface area contributed by atoms with E-state index in [4.69, 9.17) is 5.84 Å². The molecule has 2 aromatic heterocycles. The van der Waals surface area contributed by atoms with Gasteiger partial charge in [-0.25, -0.2) is 4.68 Å². The van der Waals surface area contributed by atoms with E-state index in [1.807, 2.05) is 13.0 Å². The number of nitrogens with zero attached hydrogens (tertiary/aromatic N) is 5. The van der Waals surface area contributed by atoms with Gasteiger partial charge in [-0.05, 0) is 19.1 Å². The molecule has 0 bridgehead atoms. The molecule has 0 saturated carbocycles. The van der Waals surface area contributed by atoms with Crippen molar-refractivity contribution < 1.29 is 4.79 Å². The molecule has 1 amide bonds. The Morgan fingerprint density at radius 3 is 2.80 bits per heavy atom. The highest BCUT2D eigenvalue weighted by molar-refractivity contribution is 8.00. The van der Waals surface area contributed by atoms with E-state index in [1.54, 1.807) is 32.6 Å². The normalized spacial score (nSPS) is 12.2. The number of nitrogens with two attached hydrogens (primary N) is 1. The molecule has 0 fully saturated rings. The number of nitrogen functional groups attached to an aromatic ring is 1. The van der Waals surface area contributed by atoms with Gasteiger partial charge in [0.2, 0.25) is 11.1 Å². The van der Waals surface area contributed by atoms with Gasteiger partial charge in [-0.3, -0.25) is 9.78 Å². The summed E-state index contributed by atoms with van der Waals surface area (Å²) in [6.07, 6.45) is 3.34. The van der Waals surface area contributed by atoms with E-state index in [9.17, 15) is 4.79 Å². The van der Waals surface area contributed by atoms with Gasteiger partial charge in [-0.15, -0.1) is 10.2 Å². The fourth-order valence-corrected chi connectivity index (χ4v) is 2.54. The van der Waals surface area contributed by atoms with Crippen molar-refractivity contribution in [3.05, 3.63) is 24.5 Å². The summed E-state index contributed by atoms with van der Waals surface area (Å²) in [7, 11) is 3.43. The molecule has 2 rings (SSSR count). The van der Waals surface area contributed by atoms with Crippen molar-refractivity contribution in [2.24, 2.45) is 0 Å². The molecule has 0 aliphatic carbocycles. The largest absolute Gasteiger partial charge is 0.348 e. The molecule has 0 aliphatic heterocycles. The van der Waals surface area contributed by atoms with Crippen LogP contribution in [0.15, 0.2) is 29.7 Å². The van der Waals surface area contributed by atoms with Crippen molar-refractivity contribution in [2.45, 2.75) is 17.3 Å². The van der Waals surface area contributed by atoms with Crippen LogP contribution in [0.25, 0.3) is 11.4 Å². The number of pyridine rings is 1. The Labute approximate surface area is 121 Å². The highest BCUT2D eigenvalue weighted by Gasteiger charge is 2.20. The van der Waals surface area contributed by atoms with E-state index in [0.29, 0.717) is 11.0 Å². The van der Waals surface area contributed by atoms with Gasteiger partial charge in [0, 0.05) is 32.1 Å². The molecule has 0 spiro atoms. The lowest BCUT2D eigenvalue weighted by molar-refractivity contribution is -0.127. The highest BCUT2D eigenvalue weighted by Crippen LogP contribution is 2.24. The van der Waals surface area contributed by atoms with Crippen LogP contribution in [0.2, 0.25) is 0 Å². The van der Waals surface area contributed by atoms with Crippen LogP contribution in [0.5, 0.6) is 0 Å². The Balaban J connectivity index is 2.20. The van der Waals surface area contributed by atoms with Gasteiger partial charge in [0.25, 0.3) is 0 Å². The first-order valence-corrected chi connectivity index (χ1v) is 6.87. The molecule has 0 aromatic carbocycles. The summed E-state index contributed by atoms with van der Waals surface area (Å²) in [6.45, 7) is 1.81. The fourth-order valence-electron chi connectivity index (χ4n) is 1.62. The number of hydrogen-bond acceptors (Lipinski definition) is 6. The number of carbonyl (C=O) groups excluding carboxylic acids is 1. The van der Waals surface area contributed by atoms with E-state index in [0.717, 1.165) is 5.56 Å². The molecule has 106 valence electrons. The third-order valence-corrected chi connectivity index (χ3v) is 3.70. The second-order valence-corrected chi connectivity index (χ2v) is 5.72. The van der Waals surface area contributed by atoms with Crippen molar-refractivity contribution >= 4 is 17.7 Å². The average molecular weight is 292 g/mol. The van der Waals surface area contributed by atoms with Crippen LogP contribution in [0.3, 0.4) is 0 Å². The lowest BCUT2D eigenvalue weighted by Gasteiger charge is -2.15. The lowest BCUT2D eigenvalue weighted by atomic mass is 10.3. The third kappa shape index (κ3) is 2.90. The van der Waals surface area contributed by atoms with Crippen LogP contribution >= 0.6 is 11.8 Å². The summed E-state index contributed by atoms with van der Waals surface area (Å²) in [4.78, 5) is 17.4. The fraction of sp³-hybridized carbons (Fsp3) is 0.333. The smallest absolute Gasteiger partial charge is 0.235 e. The Hall–Kier alpha value is -2.09. The third-order valence-electron chi connectivity index (χ3n) is 2.65. The second-order valence-electron chi connectivity index (χ2n) is 4.41. The van der Waals surface area contributed by atoms with Gasteiger partial charge in [0.15, 0.2) is 5.82 Å². The topological polar surface area (TPSA) is 89.9 Å². The van der Waals surface area contributed by atoms with Crippen molar-refractivity contribution in [1.29, 1.82) is 0 Å². The molecule has 2 N–H and O–H groups in total. The number of hydrogen-bond donors (Lipinski definition) is 1. The summed E-state index contributed by atoms with van der Waals surface area (Å²) in [6, 6.07) is 3.65. The monoisotopic (exact) mass is 292 g/mol. The average Bonchev–Trinajstić information content (AvgIpc) is 2.80.